The highest BCUT2D eigenvalue weighted by Crippen LogP contribution is 2.22. The van der Waals surface area contributed by atoms with E-state index in [0.29, 0.717) is 5.56 Å². The monoisotopic (exact) mass is 484 g/mol. The Bertz CT molecular complexity index is 1100. The second-order valence-corrected chi connectivity index (χ2v) is 8.80. The van der Waals surface area contributed by atoms with Crippen molar-refractivity contribution in [3.05, 3.63) is 106 Å². The Hall–Kier alpha value is -3.25. The molecule has 3 rings (SSSR count). The normalized spacial score (nSPS) is 11.8. The number of carbonyl (C=O) groups is 2. The molecule has 3 aromatic rings. The predicted octanol–water partition coefficient (Wildman–Crippen LogP) is 5.33. The maximum Gasteiger partial charge on any atom is 0.243 e. The molecule has 1 N–H and O–H groups in total. The van der Waals surface area contributed by atoms with Crippen molar-refractivity contribution >= 4 is 23.4 Å². The molecule has 0 bridgehead atoms. The lowest BCUT2D eigenvalue weighted by Gasteiger charge is -2.32. The molecule has 0 radical (unpaired) electrons. The molecule has 0 aliphatic rings. The van der Waals surface area contributed by atoms with Crippen LogP contribution < -0.4 is 5.32 Å². The van der Waals surface area contributed by atoms with Crippen LogP contribution in [0.5, 0.6) is 0 Å². The second-order valence-electron chi connectivity index (χ2n) is 8.39. The van der Waals surface area contributed by atoms with E-state index >= 15 is 0 Å². The number of hydrogen-bond acceptors (Lipinski definition) is 2. The molecule has 0 aliphatic heterocycles. The molecule has 4 nitrogen and oxygen atoms in total. The summed E-state index contributed by atoms with van der Waals surface area (Å²) in [5.74, 6) is -1.78. The van der Waals surface area contributed by atoms with Crippen LogP contribution in [0.2, 0.25) is 5.02 Å². The van der Waals surface area contributed by atoms with E-state index in [9.17, 15) is 18.4 Å². The summed E-state index contributed by atoms with van der Waals surface area (Å²) in [5, 5.41) is 3.03. The molecule has 7 heteroatoms. The van der Waals surface area contributed by atoms with Crippen molar-refractivity contribution in [1.82, 2.24) is 10.2 Å². The fourth-order valence-corrected chi connectivity index (χ4v) is 3.91. The van der Waals surface area contributed by atoms with Crippen molar-refractivity contribution in [1.29, 1.82) is 0 Å². The molecule has 3 aromatic carbocycles. The number of amides is 2. The summed E-state index contributed by atoms with van der Waals surface area (Å²) in [6.07, 6.45) is -0.0513. The molecule has 1 atom stereocenters. The first-order chi connectivity index (χ1) is 16.2. The van der Waals surface area contributed by atoms with E-state index in [0.717, 1.165) is 5.56 Å². The highest BCUT2D eigenvalue weighted by molar-refractivity contribution is 6.31. The van der Waals surface area contributed by atoms with Gasteiger partial charge in [0, 0.05) is 29.6 Å². The summed E-state index contributed by atoms with van der Waals surface area (Å²) < 4.78 is 27.9. The zero-order chi connectivity index (χ0) is 24.7. The van der Waals surface area contributed by atoms with Crippen molar-refractivity contribution in [2.24, 2.45) is 0 Å². The van der Waals surface area contributed by atoms with Crippen molar-refractivity contribution in [3.63, 3.8) is 0 Å². The Morgan fingerprint density at radius 2 is 1.59 bits per heavy atom. The Morgan fingerprint density at radius 3 is 2.21 bits per heavy atom. The topological polar surface area (TPSA) is 49.4 Å². The number of carbonyl (C=O) groups excluding carboxylic acids is 2. The largest absolute Gasteiger partial charge is 0.352 e. The zero-order valence-corrected chi connectivity index (χ0v) is 19.9. The van der Waals surface area contributed by atoms with E-state index in [2.05, 4.69) is 5.32 Å². The first-order valence-electron chi connectivity index (χ1n) is 11.1. The summed E-state index contributed by atoms with van der Waals surface area (Å²) in [4.78, 5) is 28.2. The van der Waals surface area contributed by atoms with Crippen LogP contribution in [-0.2, 0) is 29.0 Å². The minimum Gasteiger partial charge on any atom is -0.352 e. The van der Waals surface area contributed by atoms with E-state index in [4.69, 9.17) is 11.6 Å². The lowest BCUT2D eigenvalue weighted by molar-refractivity contribution is -0.141. The van der Waals surface area contributed by atoms with Gasteiger partial charge in [0.05, 0.1) is 6.42 Å². The molecule has 178 valence electrons. The van der Waals surface area contributed by atoms with Crippen molar-refractivity contribution in [2.45, 2.75) is 45.3 Å². The molecule has 0 aliphatic carbocycles. The van der Waals surface area contributed by atoms with Gasteiger partial charge in [-0.3, -0.25) is 9.59 Å². The molecule has 0 heterocycles. The van der Waals surface area contributed by atoms with E-state index in [-0.39, 0.29) is 41.9 Å². The SMILES string of the molecule is CC(C)NC(=O)[C@@H](Cc1ccccc1)N(Cc1ccc(F)cc1)C(=O)Cc1c(F)cccc1Cl. The fraction of sp³-hybridized carbons (Fsp3) is 0.259. The highest BCUT2D eigenvalue weighted by Gasteiger charge is 2.31. The molecule has 0 fully saturated rings. The minimum atomic E-state index is -0.868. The molecule has 0 aromatic heterocycles. The molecular weight excluding hydrogens is 458 g/mol. The van der Waals surface area contributed by atoms with Crippen LogP contribution in [0.15, 0.2) is 72.8 Å². The molecule has 34 heavy (non-hydrogen) atoms. The van der Waals surface area contributed by atoms with Crippen molar-refractivity contribution < 1.29 is 18.4 Å². The Balaban J connectivity index is 2.00. The summed E-state index contributed by atoms with van der Waals surface area (Å²) in [6.45, 7) is 3.72. The van der Waals surface area contributed by atoms with Crippen LogP contribution in [0.1, 0.15) is 30.5 Å². The maximum absolute atomic E-state index is 14.4. The van der Waals surface area contributed by atoms with Gasteiger partial charge in [0.2, 0.25) is 11.8 Å². The van der Waals surface area contributed by atoms with Crippen LogP contribution in [-0.4, -0.2) is 28.8 Å². The van der Waals surface area contributed by atoms with Crippen LogP contribution >= 0.6 is 11.6 Å². The minimum absolute atomic E-state index is 0.0498. The average Bonchev–Trinajstić information content (AvgIpc) is 2.80. The van der Waals surface area contributed by atoms with Gasteiger partial charge in [-0.15, -0.1) is 0 Å². The number of hydrogen-bond donors (Lipinski definition) is 1. The van der Waals surface area contributed by atoms with Gasteiger partial charge >= 0.3 is 0 Å². The molecule has 0 saturated carbocycles. The summed E-state index contributed by atoms with van der Waals surface area (Å²) in [6, 6.07) is 18.3. The van der Waals surface area contributed by atoms with Gasteiger partial charge in [-0.05, 0) is 49.2 Å². The number of rotatable bonds is 9. The average molecular weight is 485 g/mol. The first-order valence-corrected chi connectivity index (χ1v) is 11.4. The summed E-state index contributed by atoms with van der Waals surface area (Å²) in [5.41, 5.74) is 1.58. The first kappa shape index (κ1) is 25.4. The van der Waals surface area contributed by atoms with Crippen molar-refractivity contribution in [2.75, 3.05) is 0 Å². The van der Waals surface area contributed by atoms with Gasteiger partial charge in [-0.25, -0.2) is 8.78 Å². The second kappa shape index (κ2) is 11.7. The summed E-state index contributed by atoms with van der Waals surface area (Å²) >= 11 is 6.16. The van der Waals surface area contributed by atoms with E-state index in [1.165, 1.54) is 35.2 Å². The third-order valence-corrected chi connectivity index (χ3v) is 5.71. The number of nitrogens with zero attached hydrogens (tertiary/aromatic N) is 1. The van der Waals surface area contributed by atoms with E-state index in [1.807, 2.05) is 44.2 Å². The smallest absolute Gasteiger partial charge is 0.243 e. The van der Waals surface area contributed by atoms with Gasteiger partial charge < -0.3 is 10.2 Å². The number of nitrogens with one attached hydrogen (secondary N) is 1. The Kier molecular flexibility index (Phi) is 8.77. The van der Waals surface area contributed by atoms with Gasteiger partial charge in [0.15, 0.2) is 0 Å². The molecule has 0 saturated heterocycles. The molecule has 0 unspecified atom stereocenters. The number of benzene rings is 3. The number of halogens is 3. The van der Waals surface area contributed by atoms with Gasteiger partial charge in [-0.1, -0.05) is 60.1 Å². The molecule has 2 amide bonds. The lowest BCUT2D eigenvalue weighted by atomic mass is 10.0. The van der Waals surface area contributed by atoms with Crippen LogP contribution in [0.4, 0.5) is 8.78 Å². The van der Waals surface area contributed by atoms with E-state index < -0.39 is 23.6 Å². The van der Waals surface area contributed by atoms with Crippen LogP contribution in [0, 0.1) is 11.6 Å². The third kappa shape index (κ3) is 6.87. The molecular formula is C27H27ClF2N2O2. The van der Waals surface area contributed by atoms with Crippen LogP contribution in [0.3, 0.4) is 0 Å². The lowest BCUT2D eigenvalue weighted by Crippen LogP contribution is -2.52. The Morgan fingerprint density at radius 1 is 0.912 bits per heavy atom. The quantitative estimate of drug-likeness (QED) is 0.446. The van der Waals surface area contributed by atoms with E-state index in [1.54, 1.807) is 12.1 Å². The van der Waals surface area contributed by atoms with Crippen LogP contribution in [0.25, 0.3) is 0 Å². The fourth-order valence-electron chi connectivity index (χ4n) is 3.68. The van der Waals surface area contributed by atoms with Crippen molar-refractivity contribution in [3.8, 4) is 0 Å². The van der Waals surface area contributed by atoms with Gasteiger partial charge in [-0.2, -0.15) is 0 Å². The zero-order valence-electron chi connectivity index (χ0n) is 19.1. The van der Waals surface area contributed by atoms with Gasteiger partial charge in [0.25, 0.3) is 0 Å². The Labute approximate surface area is 203 Å². The van der Waals surface area contributed by atoms with Gasteiger partial charge in [0.1, 0.15) is 17.7 Å². The highest BCUT2D eigenvalue weighted by atomic mass is 35.5. The standard InChI is InChI=1S/C27H27ClF2N2O2/c1-18(2)31-27(34)25(15-19-7-4-3-5-8-19)32(17-20-11-13-21(29)14-12-20)26(33)16-22-23(28)9-6-10-24(22)30/h3-14,18,25H,15-17H2,1-2H3,(H,31,34)/t25-/m1/s1. The predicted molar refractivity (Wildman–Crippen MR) is 129 cm³/mol. The third-order valence-electron chi connectivity index (χ3n) is 5.36. The molecule has 0 spiro atoms. The summed E-state index contributed by atoms with van der Waals surface area (Å²) in [7, 11) is 0. The maximum atomic E-state index is 14.4.